The van der Waals surface area contributed by atoms with Crippen LogP contribution < -0.4 is 0 Å². The van der Waals surface area contributed by atoms with Crippen LogP contribution in [-0.4, -0.2) is 0 Å². The van der Waals surface area contributed by atoms with Gasteiger partial charge in [0.05, 0.1) is 0 Å². The molecule has 0 N–H and O–H groups in total. The summed E-state index contributed by atoms with van der Waals surface area (Å²) >= 11 is 0. The molecule has 1 rings (SSSR count). The van der Waals surface area contributed by atoms with Gasteiger partial charge in [-0.25, -0.2) is 4.39 Å². The van der Waals surface area contributed by atoms with E-state index in [1.165, 1.54) is 6.07 Å². The highest BCUT2D eigenvalue weighted by Gasteiger charge is 2.17. The SMILES string of the molecule is C=Cc1c[c]c(F)cc1C(C)(C)C. The largest absolute Gasteiger partial charge is 0.206 e. The molecule has 1 aromatic rings. The third-order valence-corrected chi connectivity index (χ3v) is 1.98. The minimum absolute atomic E-state index is 0.0561. The molecule has 0 bridgehead atoms. The molecule has 0 atom stereocenters. The van der Waals surface area contributed by atoms with Crippen LogP contribution in [0.5, 0.6) is 0 Å². The van der Waals surface area contributed by atoms with Crippen molar-refractivity contribution >= 4 is 6.08 Å². The van der Waals surface area contributed by atoms with Crippen molar-refractivity contribution < 1.29 is 4.39 Å². The fourth-order valence-electron chi connectivity index (χ4n) is 1.29. The summed E-state index contributed by atoms with van der Waals surface area (Å²) in [6, 6.07) is 5.69. The van der Waals surface area contributed by atoms with E-state index in [4.69, 9.17) is 0 Å². The number of rotatable bonds is 1. The Morgan fingerprint density at radius 2 is 2.08 bits per heavy atom. The van der Waals surface area contributed by atoms with E-state index in [0.29, 0.717) is 0 Å². The van der Waals surface area contributed by atoms with Crippen LogP contribution in [0.25, 0.3) is 6.08 Å². The maximum absolute atomic E-state index is 12.9. The first-order chi connectivity index (χ1) is 5.95. The zero-order valence-electron chi connectivity index (χ0n) is 8.32. The van der Waals surface area contributed by atoms with Crippen molar-refractivity contribution in [1.29, 1.82) is 0 Å². The Hall–Kier alpha value is -1.11. The maximum Gasteiger partial charge on any atom is 0.131 e. The highest BCUT2D eigenvalue weighted by atomic mass is 19.1. The van der Waals surface area contributed by atoms with Crippen LogP contribution >= 0.6 is 0 Å². The van der Waals surface area contributed by atoms with Crippen LogP contribution in [0.4, 0.5) is 4.39 Å². The average molecular weight is 177 g/mol. The molecule has 0 aliphatic rings. The van der Waals surface area contributed by atoms with Gasteiger partial charge in [0.25, 0.3) is 0 Å². The Kier molecular flexibility index (Phi) is 2.55. The minimum Gasteiger partial charge on any atom is -0.206 e. The lowest BCUT2D eigenvalue weighted by molar-refractivity contribution is 0.570. The molecule has 13 heavy (non-hydrogen) atoms. The van der Waals surface area contributed by atoms with E-state index < -0.39 is 0 Å². The molecule has 0 aromatic heterocycles. The Bertz CT molecular complexity index is 318. The minimum atomic E-state index is -0.310. The molecule has 0 nitrogen and oxygen atoms in total. The third-order valence-electron chi connectivity index (χ3n) is 1.98. The molecule has 1 heteroatoms. The summed E-state index contributed by atoms with van der Waals surface area (Å²) in [4.78, 5) is 0. The summed E-state index contributed by atoms with van der Waals surface area (Å²) in [6.07, 6.45) is 1.73. The summed E-state index contributed by atoms with van der Waals surface area (Å²) < 4.78 is 12.9. The highest BCUT2D eigenvalue weighted by Crippen LogP contribution is 2.26. The van der Waals surface area contributed by atoms with E-state index in [1.54, 1.807) is 12.1 Å². The predicted molar refractivity (Wildman–Crippen MR) is 54.0 cm³/mol. The van der Waals surface area contributed by atoms with Gasteiger partial charge in [0, 0.05) is 6.07 Å². The first-order valence-corrected chi connectivity index (χ1v) is 4.29. The van der Waals surface area contributed by atoms with Crippen molar-refractivity contribution in [3.63, 3.8) is 0 Å². The molecule has 69 valence electrons. The molecule has 0 amide bonds. The molecule has 1 radical (unpaired) electrons. The van der Waals surface area contributed by atoms with Gasteiger partial charge in [-0.3, -0.25) is 0 Å². The van der Waals surface area contributed by atoms with E-state index in [-0.39, 0.29) is 11.2 Å². The third kappa shape index (κ3) is 2.18. The second-order valence-corrected chi connectivity index (χ2v) is 4.10. The molecule has 0 unspecified atom stereocenters. The molecule has 0 aliphatic carbocycles. The van der Waals surface area contributed by atoms with Gasteiger partial charge in [-0.05, 0) is 28.7 Å². The summed E-state index contributed by atoms with van der Waals surface area (Å²) in [6.45, 7) is 9.84. The van der Waals surface area contributed by atoms with Crippen molar-refractivity contribution in [3.8, 4) is 0 Å². The smallest absolute Gasteiger partial charge is 0.131 e. The number of hydrogen-bond donors (Lipinski definition) is 0. The van der Waals surface area contributed by atoms with Crippen molar-refractivity contribution in [3.05, 3.63) is 41.7 Å². The second kappa shape index (κ2) is 3.33. The Morgan fingerprint density at radius 1 is 1.46 bits per heavy atom. The lowest BCUT2D eigenvalue weighted by Gasteiger charge is -2.21. The summed E-state index contributed by atoms with van der Waals surface area (Å²) in [5, 5.41) is 0. The van der Waals surface area contributed by atoms with Crippen LogP contribution in [0.1, 0.15) is 31.9 Å². The fourth-order valence-corrected chi connectivity index (χ4v) is 1.29. The van der Waals surface area contributed by atoms with Gasteiger partial charge in [-0.15, -0.1) is 0 Å². The van der Waals surface area contributed by atoms with E-state index in [1.807, 2.05) is 0 Å². The van der Waals surface area contributed by atoms with Gasteiger partial charge in [0.1, 0.15) is 5.82 Å². The van der Waals surface area contributed by atoms with Crippen molar-refractivity contribution in [2.45, 2.75) is 26.2 Å². The van der Waals surface area contributed by atoms with E-state index >= 15 is 0 Å². The zero-order valence-corrected chi connectivity index (χ0v) is 8.32. The molecule has 0 saturated carbocycles. The Morgan fingerprint density at radius 3 is 2.54 bits per heavy atom. The van der Waals surface area contributed by atoms with Gasteiger partial charge in [0.2, 0.25) is 0 Å². The van der Waals surface area contributed by atoms with Crippen LogP contribution in [-0.2, 0) is 5.41 Å². The van der Waals surface area contributed by atoms with Gasteiger partial charge in [-0.1, -0.05) is 33.4 Å². The van der Waals surface area contributed by atoms with Gasteiger partial charge in [-0.2, -0.15) is 0 Å². The molecule has 0 fully saturated rings. The number of benzene rings is 1. The van der Waals surface area contributed by atoms with Crippen LogP contribution in [0.2, 0.25) is 0 Å². The number of hydrogen-bond acceptors (Lipinski definition) is 0. The standard InChI is InChI=1S/C12H14F/c1-5-9-6-7-10(13)8-11(9)12(2,3)4/h5-6,8H,1H2,2-4H3. The van der Waals surface area contributed by atoms with Gasteiger partial charge >= 0.3 is 0 Å². The lowest BCUT2D eigenvalue weighted by atomic mass is 9.84. The van der Waals surface area contributed by atoms with Gasteiger partial charge < -0.3 is 0 Å². The first kappa shape index (κ1) is 9.97. The van der Waals surface area contributed by atoms with Crippen LogP contribution in [0, 0.1) is 11.9 Å². The molecule has 0 heterocycles. The van der Waals surface area contributed by atoms with Crippen LogP contribution in [0.15, 0.2) is 18.7 Å². The topological polar surface area (TPSA) is 0 Å². The molecular weight excluding hydrogens is 163 g/mol. The Balaban J connectivity index is 3.32. The van der Waals surface area contributed by atoms with Crippen molar-refractivity contribution in [2.24, 2.45) is 0 Å². The van der Waals surface area contributed by atoms with Crippen molar-refractivity contribution in [2.75, 3.05) is 0 Å². The predicted octanol–water partition coefficient (Wildman–Crippen LogP) is 3.57. The molecule has 0 spiro atoms. The summed E-state index contributed by atoms with van der Waals surface area (Å²) in [5.41, 5.74) is 1.87. The second-order valence-electron chi connectivity index (χ2n) is 4.10. The monoisotopic (exact) mass is 177 g/mol. The number of halogens is 1. The summed E-state index contributed by atoms with van der Waals surface area (Å²) in [5.74, 6) is -0.310. The normalized spacial score (nSPS) is 11.4. The van der Waals surface area contributed by atoms with Gasteiger partial charge in [0.15, 0.2) is 0 Å². The lowest BCUT2D eigenvalue weighted by Crippen LogP contribution is -2.13. The fraction of sp³-hybridized carbons (Fsp3) is 0.333. The average Bonchev–Trinajstić information content (AvgIpc) is 2.03. The molecule has 0 saturated heterocycles. The Labute approximate surface area is 79.1 Å². The van der Waals surface area contributed by atoms with Crippen molar-refractivity contribution in [1.82, 2.24) is 0 Å². The summed E-state index contributed by atoms with van der Waals surface area (Å²) in [7, 11) is 0. The van der Waals surface area contributed by atoms with E-state index in [2.05, 4.69) is 33.4 Å². The zero-order chi connectivity index (χ0) is 10.1. The quantitative estimate of drug-likeness (QED) is 0.615. The molecular formula is C12H14F. The molecule has 0 aliphatic heterocycles. The highest BCUT2D eigenvalue weighted by molar-refractivity contribution is 5.53. The van der Waals surface area contributed by atoms with E-state index in [0.717, 1.165) is 11.1 Å². The van der Waals surface area contributed by atoms with E-state index in [9.17, 15) is 4.39 Å². The maximum atomic E-state index is 12.9. The first-order valence-electron chi connectivity index (χ1n) is 4.29. The van der Waals surface area contributed by atoms with Crippen LogP contribution in [0.3, 0.4) is 0 Å². The molecule has 1 aromatic carbocycles.